The molecule has 0 bridgehead atoms. The number of benzene rings is 1. The maximum atomic E-state index is 13.0. The molecule has 9 heteroatoms. The van der Waals surface area contributed by atoms with E-state index in [9.17, 15) is 14.0 Å². The van der Waals surface area contributed by atoms with Crippen LogP contribution in [0.2, 0.25) is 5.02 Å². The highest BCUT2D eigenvalue weighted by Gasteiger charge is 2.23. The van der Waals surface area contributed by atoms with Crippen molar-refractivity contribution in [3.8, 4) is 0 Å². The second-order valence-electron chi connectivity index (χ2n) is 4.56. The van der Waals surface area contributed by atoms with Crippen molar-refractivity contribution in [3.63, 3.8) is 0 Å². The molecular weight excluding hydrogens is 345 g/mol. The lowest BCUT2D eigenvalue weighted by Crippen LogP contribution is -2.30. The third-order valence-electron chi connectivity index (χ3n) is 2.92. The van der Waals surface area contributed by atoms with Gasteiger partial charge in [0.2, 0.25) is 0 Å². The molecule has 0 aliphatic carbocycles. The molecule has 1 aromatic carbocycles. The van der Waals surface area contributed by atoms with Crippen LogP contribution in [0.15, 0.2) is 18.2 Å². The van der Waals surface area contributed by atoms with Crippen molar-refractivity contribution >= 4 is 40.7 Å². The first-order valence-electron chi connectivity index (χ1n) is 6.70. The molecule has 6 nitrogen and oxygen atoms in total. The molecule has 0 radical (unpaired) electrons. The molecule has 0 spiro atoms. The number of amides is 1. The monoisotopic (exact) mass is 357 g/mol. The number of ether oxygens (including phenoxy) is 1. The van der Waals surface area contributed by atoms with Gasteiger partial charge in [0.25, 0.3) is 5.91 Å². The van der Waals surface area contributed by atoms with E-state index in [4.69, 9.17) is 16.3 Å². The fourth-order valence-electron chi connectivity index (χ4n) is 1.69. The molecule has 1 heterocycles. The minimum Gasteiger partial charge on any atom is -0.448 e. The summed E-state index contributed by atoms with van der Waals surface area (Å²) in [5.41, 5.74) is 0.754. The highest BCUT2D eigenvalue weighted by atomic mass is 35.5. The number of halogens is 2. The van der Waals surface area contributed by atoms with Gasteiger partial charge in [-0.15, -0.1) is 5.10 Å². The number of nitrogens with zero attached hydrogens (tertiary/aromatic N) is 2. The van der Waals surface area contributed by atoms with Crippen molar-refractivity contribution in [2.45, 2.75) is 26.4 Å². The van der Waals surface area contributed by atoms with Gasteiger partial charge in [-0.2, -0.15) is 0 Å². The van der Waals surface area contributed by atoms with Crippen LogP contribution in [0.1, 0.15) is 29.2 Å². The molecule has 1 N–H and O–H groups in total. The minimum atomic E-state index is -1.06. The summed E-state index contributed by atoms with van der Waals surface area (Å²) in [4.78, 5) is 24.3. The number of anilines is 1. The highest BCUT2D eigenvalue weighted by molar-refractivity contribution is 7.07. The number of hydrogen-bond donors (Lipinski definition) is 1. The summed E-state index contributed by atoms with van der Waals surface area (Å²) in [7, 11) is 0. The van der Waals surface area contributed by atoms with Gasteiger partial charge in [-0.3, -0.25) is 4.79 Å². The topological polar surface area (TPSA) is 81.2 Å². The van der Waals surface area contributed by atoms with Crippen LogP contribution in [-0.2, 0) is 16.0 Å². The summed E-state index contributed by atoms with van der Waals surface area (Å²) in [6.45, 7) is 3.25. The maximum Gasteiger partial charge on any atom is 0.352 e. The number of esters is 1. The van der Waals surface area contributed by atoms with Gasteiger partial charge in [-0.25, -0.2) is 9.18 Å². The van der Waals surface area contributed by atoms with Crippen LogP contribution in [0, 0.1) is 5.82 Å². The predicted molar refractivity (Wildman–Crippen MR) is 84.2 cm³/mol. The van der Waals surface area contributed by atoms with Crippen LogP contribution < -0.4 is 5.32 Å². The Balaban J connectivity index is 2.01. The summed E-state index contributed by atoms with van der Waals surface area (Å²) in [6, 6.07) is 3.56. The van der Waals surface area contributed by atoms with E-state index in [1.807, 2.05) is 6.92 Å². The maximum absolute atomic E-state index is 13.0. The van der Waals surface area contributed by atoms with E-state index in [-0.39, 0.29) is 15.6 Å². The van der Waals surface area contributed by atoms with Crippen LogP contribution in [0.4, 0.5) is 10.1 Å². The van der Waals surface area contributed by atoms with Gasteiger partial charge in [0, 0.05) is 0 Å². The fourth-order valence-corrected chi connectivity index (χ4v) is 2.54. The summed E-state index contributed by atoms with van der Waals surface area (Å²) < 4.78 is 21.8. The SMILES string of the molecule is CCc1nnsc1C(=O)O[C@@H](C)C(=O)Nc1ccc(F)cc1Cl. The first-order valence-corrected chi connectivity index (χ1v) is 7.85. The zero-order chi connectivity index (χ0) is 17.0. The van der Waals surface area contributed by atoms with E-state index in [1.165, 1.54) is 13.0 Å². The van der Waals surface area contributed by atoms with Gasteiger partial charge in [0.15, 0.2) is 11.0 Å². The fraction of sp³-hybridized carbons (Fsp3) is 0.286. The zero-order valence-corrected chi connectivity index (χ0v) is 13.9. The smallest absolute Gasteiger partial charge is 0.352 e. The van der Waals surface area contributed by atoms with Crippen molar-refractivity contribution in [3.05, 3.63) is 39.6 Å². The molecule has 0 saturated heterocycles. The second kappa shape index (κ2) is 7.47. The Bertz CT molecular complexity index is 738. The van der Waals surface area contributed by atoms with Crippen molar-refractivity contribution in [1.82, 2.24) is 9.59 Å². The molecule has 122 valence electrons. The summed E-state index contributed by atoms with van der Waals surface area (Å²) in [5.74, 6) is -1.76. The standard InChI is InChI=1S/C14H13ClFN3O3S/c1-3-10-12(23-19-18-10)14(21)22-7(2)13(20)17-11-5-4-8(16)6-9(11)15/h4-7H,3H2,1-2H3,(H,17,20)/t7-/m0/s1. The van der Waals surface area contributed by atoms with Crippen LogP contribution >= 0.6 is 23.1 Å². The zero-order valence-electron chi connectivity index (χ0n) is 12.3. The summed E-state index contributed by atoms with van der Waals surface area (Å²) >= 11 is 6.74. The van der Waals surface area contributed by atoms with Gasteiger partial charge in [0.1, 0.15) is 5.82 Å². The van der Waals surface area contributed by atoms with Crippen LogP contribution in [0.25, 0.3) is 0 Å². The Kier molecular flexibility index (Phi) is 5.62. The number of aromatic nitrogens is 2. The molecule has 0 aliphatic heterocycles. The van der Waals surface area contributed by atoms with E-state index in [0.717, 1.165) is 23.7 Å². The molecule has 0 aliphatic rings. The van der Waals surface area contributed by atoms with Crippen molar-refractivity contribution < 1.29 is 18.7 Å². The first kappa shape index (κ1) is 17.3. The lowest BCUT2D eigenvalue weighted by atomic mass is 10.2. The van der Waals surface area contributed by atoms with Gasteiger partial charge in [0.05, 0.1) is 16.4 Å². The highest BCUT2D eigenvalue weighted by Crippen LogP contribution is 2.23. The largest absolute Gasteiger partial charge is 0.448 e. The van der Waals surface area contributed by atoms with E-state index in [0.29, 0.717) is 12.1 Å². The molecule has 23 heavy (non-hydrogen) atoms. The number of aryl methyl sites for hydroxylation is 1. The van der Waals surface area contributed by atoms with E-state index < -0.39 is 23.8 Å². The number of carbonyl (C=O) groups is 2. The third-order valence-corrected chi connectivity index (χ3v) is 3.98. The van der Waals surface area contributed by atoms with Gasteiger partial charge < -0.3 is 10.1 Å². The Morgan fingerprint density at radius 3 is 2.87 bits per heavy atom. The second-order valence-corrected chi connectivity index (χ2v) is 5.72. The third kappa shape index (κ3) is 4.23. The predicted octanol–water partition coefficient (Wildman–Crippen LogP) is 3.08. The summed E-state index contributed by atoms with van der Waals surface area (Å²) in [5, 5.41) is 6.34. The van der Waals surface area contributed by atoms with Crippen molar-refractivity contribution in [1.29, 1.82) is 0 Å². The molecular formula is C14H13ClFN3O3S. The molecule has 1 amide bonds. The number of rotatable bonds is 5. The number of nitrogens with one attached hydrogen (secondary N) is 1. The summed E-state index contributed by atoms with van der Waals surface area (Å²) in [6.07, 6.45) is -0.525. The van der Waals surface area contributed by atoms with E-state index >= 15 is 0 Å². The molecule has 2 rings (SSSR count). The Morgan fingerprint density at radius 1 is 1.48 bits per heavy atom. The van der Waals surface area contributed by atoms with E-state index in [2.05, 4.69) is 14.9 Å². The molecule has 0 fully saturated rings. The Hall–Kier alpha value is -2.06. The van der Waals surface area contributed by atoms with Crippen molar-refractivity contribution in [2.75, 3.05) is 5.32 Å². The van der Waals surface area contributed by atoms with Gasteiger partial charge in [-0.05, 0) is 43.1 Å². The average molecular weight is 358 g/mol. The first-order chi connectivity index (χ1) is 10.9. The number of hydrogen-bond acceptors (Lipinski definition) is 6. The molecule has 1 aromatic heterocycles. The van der Waals surface area contributed by atoms with Gasteiger partial charge >= 0.3 is 5.97 Å². The van der Waals surface area contributed by atoms with Crippen molar-refractivity contribution in [2.24, 2.45) is 0 Å². The Labute approximate surface area is 140 Å². The van der Waals surface area contributed by atoms with Gasteiger partial charge in [-0.1, -0.05) is 23.0 Å². The van der Waals surface area contributed by atoms with E-state index in [1.54, 1.807) is 0 Å². The van der Waals surface area contributed by atoms with Crippen LogP contribution in [-0.4, -0.2) is 27.6 Å². The molecule has 2 aromatic rings. The normalized spacial score (nSPS) is 11.8. The van der Waals surface area contributed by atoms with Crippen LogP contribution in [0.5, 0.6) is 0 Å². The lowest BCUT2D eigenvalue weighted by Gasteiger charge is -2.13. The lowest BCUT2D eigenvalue weighted by molar-refractivity contribution is -0.123. The number of carbonyl (C=O) groups excluding carboxylic acids is 2. The molecule has 0 unspecified atom stereocenters. The molecule has 0 saturated carbocycles. The quantitative estimate of drug-likeness (QED) is 0.832. The Morgan fingerprint density at radius 2 is 2.22 bits per heavy atom. The van der Waals surface area contributed by atoms with Crippen LogP contribution in [0.3, 0.4) is 0 Å². The molecule has 1 atom stereocenters. The average Bonchev–Trinajstić information content (AvgIpc) is 2.98. The minimum absolute atomic E-state index is 0.0526.